The Kier molecular flexibility index (Phi) is 11.2. The van der Waals surface area contributed by atoms with E-state index in [9.17, 15) is 27.6 Å². The molecule has 5 aromatic rings. The highest BCUT2D eigenvalue weighted by Crippen LogP contribution is 2.39. The van der Waals surface area contributed by atoms with E-state index in [0.717, 1.165) is 35.5 Å². The number of alkyl halides is 3. The molecule has 5 aromatic carbocycles. The Balaban J connectivity index is 1.39. The number of rotatable bonds is 10. The summed E-state index contributed by atoms with van der Waals surface area (Å²) in [5.74, 6) is -1.64. The van der Waals surface area contributed by atoms with Crippen LogP contribution in [0.1, 0.15) is 37.9 Å². The molecule has 49 heavy (non-hydrogen) atoms. The number of nitrogens with one attached hydrogen (secondary N) is 3. The molecule has 248 valence electrons. The average molecular weight is 700 g/mol. The van der Waals surface area contributed by atoms with Gasteiger partial charge in [-0.2, -0.15) is 13.2 Å². The highest BCUT2D eigenvalue weighted by atomic mass is 35.5. The lowest BCUT2D eigenvalue weighted by atomic mass is 10.1. The van der Waals surface area contributed by atoms with Crippen LogP contribution in [-0.2, 0) is 15.8 Å². The molecule has 3 N–H and O–H groups in total. The van der Waals surface area contributed by atoms with Gasteiger partial charge in [-0.15, -0.1) is 11.8 Å². The summed E-state index contributed by atoms with van der Waals surface area (Å²) in [6.07, 6.45) is -3.05. The molecule has 0 aliphatic carbocycles. The first-order valence-electron chi connectivity index (χ1n) is 14.9. The van der Waals surface area contributed by atoms with Crippen molar-refractivity contribution in [1.82, 2.24) is 5.32 Å². The van der Waals surface area contributed by atoms with E-state index in [1.807, 2.05) is 31.2 Å². The maximum Gasteiger partial charge on any atom is 0.416 e. The summed E-state index contributed by atoms with van der Waals surface area (Å²) in [4.78, 5) is 40.8. The molecule has 0 heterocycles. The minimum absolute atomic E-state index is 0.00951. The van der Waals surface area contributed by atoms with Crippen LogP contribution in [0, 0.1) is 6.92 Å². The number of halogens is 4. The number of amides is 3. The summed E-state index contributed by atoms with van der Waals surface area (Å²) in [7, 11) is 0. The normalized spacial score (nSPS) is 12.1. The highest BCUT2D eigenvalue weighted by Gasteiger charge is 2.32. The predicted octanol–water partition coefficient (Wildman–Crippen LogP) is 9.55. The first-order valence-corrected chi connectivity index (χ1v) is 16.2. The van der Waals surface area contributed by atoms with Gasteiger partial charge in [0.25, 0.3) is 11.8 Å². The van der Waals surface area contributed by atoms with E-state index in [2.05, 4.69) is 16.0 Å². The third kappa shape index (κ3) is 9.62. The minimum atomic E-state index is -4.62. The van der Waals surface area contributed by atoms with E-state index in [1.54, 1.807) is 91.0 Å². The number of benzene rings is 5. The van der Waals surface area contributed by atoms with E-state index >= 15 is 0 Å². The maximum atomic E-state index is 13.6. The van der Waals surface area contributed by atoms with Gasteiger partial charge in [-0.1, -0.05) is 96.0 Å². The van der Waals surface area contributed by atoms with Gasteiger partial charge in [-0.05, 0) is 72.7 Å². The van der Waals surface area contributed by atoms with Crippen molar-refractivity contribution in [3.8, 4) is 0 Å². The van der Waals surface area contributed by atoms with Crippen molar-refractivity contribution in [2.45, 2.75) is 23.2 Å². The molecule has 6 nitrogen and oxygen atoms in total. The summed E-state index contributed by atoms with van der Waals surface area (Å²) in [6, 6.07) is 34.1. The largest absolute Gasteiger partial charge is 0.416 e. The molecule has 0 aliphatic heterocycles. The van der Waals surface area contributed by atoms with Gasteiger partial charge in [0.2, 0.25) is 5.91 Å². The second-order valence-corrected chi connectivity index (χ2v) is 12.4. The molecular weight excluding hydrogens is 671 g/mol. The van der Waals surface area contributed by atoms with Crippen molar-refractivity contribution in [2.24, 2.45) is 0 Å². The molecule has 5 rings (SSSR count). The van der Waals surface area contributed by atoms with Gasteiger partial charge in [0.15, 0.2) is 0 Å². The monoisotopic (exact) mass is 699 g/mol. The van der Waals surface area contributed by atoms with Crippen LogP contribution in [0.5, 0.6) is 0 Å². The smallest absolute Gasteiger partial charge is 0.323 e. The third-order valence-electron chi connectivity index (χ3n) is 7.16. The van der Waals surface area contributed by atoms with Crippen LogP contribution < -0.4 is 16.0 Å². The highest BCUT2D eigenvalue weighted by molar-refractivity contribution is 8.00. The Morgan fingerprint density at radius 1 is 0.776 bits per heavy atom. The van der Waals surface area contributed by atoms with E-state index in [0.29, 0.717) is 27.3 Å². The zero-order valence-electron chi connectivity index (χ0n) is 25.9. The average Bonchev–Trinajstić information content (AvgIpc) is 3.09. The summed E-state index contributed by atoms with van der Waals surface area (Å²) in [6.45, 7) is 1.94. The Hall–Kier alpha value is -5.32. The van der Waals surface area contributed by atoms with Crippen molar-refractivity contribution in [2.75, 3.05) is 10.6 Å². The van der Waals surface area contributed by atoms with Gasteiger partial charge in [0.1, 0.15) is 10.9 Å². The van der Waals surface area contributed by atoms with Gasteiger partial charge in [-0.3, -0.25) is 14.4 Å². The predicted molar refractivity (Wildman–Crippen MR) is 188 cm³/mol. The quantitative estimate of drug-likeness (QED) is 0.100. The molecule has 1 atom stereocenters. The first kappa shape index (κ1) is 35.0. The van der Waals surface area contributed by atoms with Crippen molar-refractivity contribution >= 4 is 58.5 Å². The van der Waals surface area contributed by atoms with Crippen LogP contribution in [0.2, 0.25) is 5.02 Å². The van der Waals surface area contributed by atoms with Gasteiger partial charge >= 0.3 is 6.18 Å². The van der Waals surface area contributed by atoms with Crippen LogP contribution in [0.4, 0.5) is 24.5 Å². The molecule has 0 spiro atoms. The summed E-state index contributed by atoms with van der Waals surface area (Å²) >= 11 is 7.29. The van der Waals surface area contributed by atoms with Crippen LogP contribution in [-0.4, -0.2) is 17.7 Å². The molecule has 0 saturated carbocycles. The number of carbonyl (C=O) groups is 3. The zero-order chi connectivity index (χ0) is 35.0. The van der Waals surface area contributed by atoms with Gasteiger partial charge in [0, 0.05) is 16.1 Å². The third-order valence-corrected chi connectivity index (χ3v) is 8.73. The standard InChI is InChI=1S/C38H29ClF3N3O3S/c1-24-15-17-25(18-16-24)21-33(45-35(46)27-11-6-3-7-12-27)36(47)43-29-13-8-14-30(23-29)49-34(26-9-4-2-5-10-26)37(48)44-32-22-28(38(40,41)42)19-20-31(32)39/h2-23,34H,1H3,(H,43,47)(H,44,48)(H,45,46)/b33-21-. The molecule has 0 aliphatic rings. The zero-order valence-corrected chi connectivity index (χ0v) is 27.5. The number of anilines is 2. The summed E-state index contributed by atoms with van der Waals surface area (Å²) in [5.41, 5.74) is 1.97. The Bertz CT molecular complexity index is 1990. The topological polar surface area (TPSA) is 87.3 Å². The van der Waals surface area contributed by atoms with E-state index in [1.165, 1.54) is 0 Å². The minimum Gasteiger partial charge on any atom is -0.323 e. The Morgan fingerprint density at radius 3 is 2.12 bits per heavy atom. The van der Waals surface area contributed by atoms with Crippen molar-refractivity contribution in [3.63, 3.8) is 0 Å². The SMILES string of the molecule is Cc1ccc(/C=C(\NC(=O)c2ccccc2)C(=O)Nc2cccc(SC(C(=O)Nc3cc(C(F)(F)F)ccc3Cl)c3ccccc3)c2)cc1. The first-order chi connectivity index (χ1) is 23.5. The second-order valence-electron chi connectivity index (χ2n) is 10.9. The van der Waals surface area contributed by atoms with E-state index < -0.39 is 34.7 Å². The lowest BCUT2D eigenvalue weighted by molar-refractivity contribution is -0.137. The molecule has 11 heteroatoms. The van der Waals surface area contributed by atoms with Crippen molar-refractivity contribution < 1.29 is 27.6 Å². The lowest BCUT2D eigenvalue weighted by Gasteiger charge is -2.19. The molecule has 0 saturated heterocycles. The fourth-order valence-corrected chi connectivity index (χ4v) is 5.90. The van der Waals surface area contributed by atoms with Crippen LogP contribution in [0.15, 0.2) is 138 Å². The Labute approximate surface area is 290 Å². The number of hydrogen-bond donors (Lipinski definition) is 3. The van der Waals surface area contributed by atoms with Gasteiger partial charge in [-0.25, -0.2) is 0 Å². The van der Waals surface area contributed by atoms with Crippen LogP contribution in [0.3, 0.4) is 0 Å². The molecular formula is C38H29ClF3N3O3S. The number of aryl methyl sites for hydroxylation is 1. The summed E-state index contributed by atoms with van der Waals surface area (Å²) < 4.78 is 40.1. The van der Waals surface area contributed by atoms with Crippen molar-refractivity contribution in [3.05, 3.63) is 166 Å². The molecule has 0 bridgehead atoms. The molecule has 0 fully saturated rings. The van der Waals surface area contributed by atoms with E-state index in [4.69, 9.17) is 11.6 Å². The lowest BCUT2D eigenvalue weighted by Crippen LogP contribution is -2.30. The van der Waals surface area contributed by atoms with Crippen molar-refractivity contribution in [1.29, 1.82) is 0 Å². The van der Waals surface area contributed by atoms with Crippen LogP contribution >= 0.6 is 23.4 Å². The maximum absolute atomic E-state index is 13.6. The fraction of sp³-hybridized carbons (Fsp3) is 0.0789. The summed E-state index contributed by atoms with van der Waals surface area (Å²) in [5, 5.41) is 7.14. The molecule has 3 amide bonds. The Morgan fingerprint density at radius 2 is 1.45 bits per heavy atom. The number of carbonyl (C=O) groups excluding carboxylic acids is 3. The van der Waals surface area contributed by atoms with Gasteiger partial charge < -0.3 is 16.0 Å². The number of hydrogen-bond acceptors (Lipinski definition) is 4. The number of thioether (sulfide) groups is 1. The van der Waals surface area contributed by atoms with Crippen LogP contribution in [0.25, 0.3) is 6.08 Å². The molecule has 0 radical (unpaired) electrons. The second kappa shape index (κ2) is 15.7. The van der Waals surface area contributed by atoms with E-state index in [-0.39, 0.29) is 16.4 Å². The molecule has 1 unspecified atom stereocenters. The van der Waals surface area contributed by atoms with Gasteiger partial charge in [0.05, 0.1) is 16.3 Å². The fourth-order valence-electron chi connectivity index (χ4n) is 4.65. The molecule has 0 aromatic heterocycles.